The second-order valence-electron chi connectivity index (χ2n) is 4.54. The molecule has 0 fully saturated rings. The van der Waals surface area contributed by atoms with Crippen LogP contribution in [0, 0.1) is 0 Å². The number of rotatable bonds is 2. The van der Waals surface area contributed by atoms with Gasteiger partial charge >= 0.3 is 0 Å². The maximum absolute atomic E-state index is 4.62. The molecule has 0 radical (unpaired) electrons. The maximum atomic E-state index is 4.62. The normalized spacial score (nSPS) is 10.9. The summed E-state index contributed by atoms with van der Waals surface area (Å²) < 4.78 is 0. The van der Waals surface area contributed by atoms with Gasteiger partial charge in [-0.2, -0.15) is 5.10 Å². The van der Waals surface area contributed by atoms with Gasteiger partial charge in [-0.3, -0.25) is 20.1 Å². The van der Waals surface area contributed by atoms with Gasteiger partial charge in [0.15, 0.2) is 0 Å². The van der Waals surface area contributed by atoms with Gasteiger partial charge < -0.3 is 0 Å². The molecule has 4 rings (SSSR count). The van der Waals surface area contributed by atoms with Gasteiger partial charge in [0.1, 0.15) is 5.69 Å². The van der Waals surface area contributed by atoms with E-state index in [1.54, 1.807) is 24.8 Å². The maximum Gasteiger partial charge on any atom is 0.107 e. The molecule has 0 atom stereocenters. The minimum absolute atomic E-state index is 0.744. The molecule has 21 heavy (non-hydrogen) atoms. The van der Waals surface area contributed by atoms with Crippen molar-refractivity contribution in [2.45, 2.75) is 0 Å². The van der Waals surface area contributed by atoms with Crippen LogP contribution in [0.25, 0.3) is 33.5 Å². The number of aromatic amines is 1. The first-order valence-electron chi connectivity index (χ1n) is 6.42. The molecule has 0 aliphatic heterocycles. The van der Waals surface area contributed by atoms with Crippen LogP contribution in [0.5, 0.6) is 0 Å². The van der Waals surface area contributed by atoms with Crippen molar-refractivity contribution in [1.82, 2.24) is 30.1 Å². The Morgan fingerprint density at radius 3 is 2.62 bits per heavy atom. The standard InChI is InChI=1S/C15H10N6/c1-2-13(15-9-16-3-4-17-15)21-14-5-10(6-18-12(1)14)11-7-19-20-8-11/h1-9H,(H,19,20). The fourth-order valence-electron chi connectivity index (χ4n) is 2.15. The van der Waals surface area contributed by atoms with Crippen LogP contribution in [0.15, 0.2) is 55.4 Å². The summed E-state index contributed by atoms with van der Waals surface area (Å²) in [5.41, 5.74) is 5.14. The second kappa shape index (κ2) is 4.75. The van der Waals surface area contributed by atoms with E-state index in [0.29, 0.717) is 0 Å². The summed E-state index contributed by atoms with van der Waals surface area (Å²) in [6.07, 6.45) is 10.4. The Bertz CT molecular complexity index is 887. The van der Waals surface area contributed by atoms with Crippen LogP contribution in [0.1, 0.15) is 0 Å². The van der Waals surface area contributed by atoms with Crippen molar-refractivity contribution in [2.75, 3.05) is 0 Å². The van der Waals surface area contributed by atoms with E-state index in [4.69, 9.17) is 0 Å². The summed E-state index contributed by atoms with van der Waals surface area (Å²) >= 11 is 0. The van der Waals surface area contributed by atoms with E-state index >= 15 is 0 Å². The van der Waals surface area contributed by atoms with Crippen molar-refractivity contribution in [2.24, 2.45) is 0 Å². The summed E-state index contributed by atoms with van der Waals surface area (Å²) in [5, 5.41) is 6.75. The number of pyridine rings is 2. The molecule has 0 unspecified atom stereocenters. The van der Waals surface area contributed by atoms with Gasteiger partial charge in [0, 0.05) is 35.9 Å². The zero-order valence-corrected chi connectivity index (χ0v) is 10.9. The highest BCUT2D eigenvalue weighted by molar-refractivity contribution is 5.81. The molecule has 0 aromatic carbocycles. The molecule has 4 aromatic rings. The summed E-state index contributed by atoms with van der Waals surface area (Å²) in [6, 6.07) is 5.83. The van der Waals surface area contributed by atoms with Crippen LogP contribution in [0.2, 0.25) is 0 Å². The first-order chi connectivity index (χ1) is 10.4. The SMILES string of the molecule is c1cnc(-c2ccc3ncc(-c4cn[nH]c4)cc3n2)cn1. The van der Waals surface area contributed by atoms with Gasteiger partial charge in [0.05, 0.1) is 29.1 Å². The van der Waals surface area contributed by atoms with Crippen molar-refractivity contribution < 1.29 is 0 Å². The van der Waals surface area contributed by atoms with Crippen molar-refractivity contribution in [3.63, 3.8) is 0 Å². The fraction of sp³-hybridized carbons (Fsp3) is 0. The Balaban J connectivity index is 1.86. The Labute approximate surface area is 120 Å². The lowest BCUT2D eigenvalue weighted by molar-refractivity contribution is 1.09. The quantitative estimate of drug-likeness (QED) is 0.607. The molecule has 0 bridgehead atoms. The molecule has 6 heteroatoms. The van der Waals surface area contributed by atoms with Crippen LogP contribution in [0.4, 0.5) is 0 Å². The van der Waals surface area contributed by atoms with E-state index in [1.165, 1.54) is 0 Å². The van der Waals surface area contributed by atoms with Crippen LogP contribution >= 0.6 is 0 Å². The highest BCUT2D eigenvalue weighted by Gasteiger charge is 2.06. The van der Waals surface area contributed by atoms with Gasteiger partial charge in [-0.25, -0.2) is 4.98 Å². The molecule has 0 saturated heterocycles. The minimum atomic E-state index is 0.744. The van der Waals surface area contributed by atoms with Crippen molar-refractivity contribution in [3.05, 3.63) is 55.4 Å². The van der Waals surface area contributed by atoms with E-state index in [2.05, 4.69) is 30.1 Å². The van der Waals surface area contributed by atoms with Gasteiger partial charge in [-0.05, 0) is 18.2 Å². The number of aromatic nitrogens is 6. The summed E-state index contributed by atoms with van der Waals surface area (Å²) in [5.74, 6) is 0. The van der Waals surface area contributed by atoms with Crippen LogP contribution in [-0.2, 0) is 0 Å². The third-order valence-corrected chi connectivity index (χ3v) is 3.19. The fourth-order valence-corrected chi connectivity index (χ4v) is 2.15. The molecule has 0 spiro atoms. The molecule has 1 N–H and O–H groups in total. The number of fused-ring (bicyclic) bond motifs is 1. The van der Waals surface area contributed by atoms with Gasteiger partial charge in [0.2, 0.25) is 0 Å². The third kappa shape index (κ3) is 2.12. The van der Waals surface area contributed by atoms with Crippen molar-refractivity contribution in [1.29, 1.82) is 0 Å². The highest BCUT2D eigenvalue weighted by atomic mass is 15.1. The van der Waals surface area contributed by atoms with E-state index in [0.717, 1.165) is 33.5 Å². The molecular formula is C15H10N6. The van der Waals surface area contributed by atoms with Crippen LogP contribution < -0.4 is 0 Å². The zero-order chi connectivity index (χ0) is 14.1. The number of hydrogen-bond acceptors (Lipinski definition) is 5. The summed E-state index contributed by atoms with van der Waals surface area (Å²) in [4.78, 5) is 17.4. The van der Waals surface area contributed by atoms with Gasteiger partial charge in [-0.1, -0.05) is 0 Å². The molecule has 4 aromatic heterocycles. The molecule has 4 heterocycles. The van der Waals surface area contributed by atoms with Gasteiger partial charge in [0.25, 0.3) is 0 Å². The number of nitrogens with zero attached hydrogens (tertiary/aromatic N) is 5. The number of hydrogen-bond donors (Lipinski definition) is 1. The average Bonchev–Trinajstić information content (AvgIpc) is 3.09. The van der Waals surface area contributed by atoms with Crippen molar-refractivity contribution >= 4 is 11.0 Å². The van der Waals surface area contributed by atoms with Gasteiger partial charge in [-0.15, -0.1) is 0 Å². The molecular weight excluding hydrogens is 264 g/mol. The monoisotopic (exact) mass is 274 g/mol. The lowest BCUT2D eigenvalue weighted by Crippen LogP contribution is -1.91. The summed E-state index contributed by atoms with van der Waals surface area (Å²) in [6.45, 7) is 0. The first-order valence-corrected chi connectivity index (χ1v) is 6.42. The molecule has 0 amide bonds. The molecule has 0 aliphatic rings. The van der Waals surface area contributed by atoms with Crippen LogP contribution in [-0.4, -0.2) is 30.1 Å². The predicted molar refractivity (Wildman–Crippen MR) is 78.1 cm³/mol. The lowest BCUT2D eigenvalue weighted by Gasteiger charge is -2.03. The Hall–Kier alpha value is -3.15. The minimum Gasteiger partial charge on any atom is -0.285 e. The smallest absolute Gasteiger partial charge is 0.107 e. The molecule has 100 valence electrons. The third-order valence-electron chi connectivity index (χ3n) is 3.19. The first kappa shape index (κ1) is 11.7. The van der Waals surface area contributed by atoms with Crippen LogP contribution in [0.3, 0.4) is 0 Å². The Kier molecular flexibility index (Phi) is 2.64. The number of H-pyrrole nitrogens is 1. The molecule has 0 saturated carbocycles. The Morgan fingerprint density at radius 1 is 0.810 bits per heavy atom. The van der Waals surface area contributed by atoms with Crippen molar-refractivity contribution in [3.8, 4) is 22.5 Å². The Morgan fingerprint density at radius 2 is 1.81 bits per heavy atom. The highest BCUT2D eigenvalue weighted by Crippen LogP contribution is 2.22. The zero-order valence-electron chi connectivity index (χ0n) is 10.9. The van der Waals surface area contributed by atoms with E-state index in [1.807, 2.05) is 30.6 Å². The largest absolute Gasteiger partial charge is 0.285 e. The average molecular weight is 274 g/mol. The van der Waals surface area contributed by atoms with E-state index < -0.39 is 0 Å². The molecule has 0 aliphatic carbocycles. The predicted octanol–water partition coefficient (Wildman–Crippen LogP) is 2.48. The lowest BCUT2D eigenvalue weighted by atomic mass is 10.1. The van der Waals surface area contributed by atoms with E-state index in [9.17, 15) is 0 Å². The van der Waals surface area contributed by atoms with E-state index in [-0.39, 0.29) is 0 Å². The summed E-state index contributed by atoms with van der Waals surface area (Å²) in [7, 11) is 0. The molecule has 6 nitrogen and oxygen atoms in total. The topological polar surface area (TPSA) is 80.2 Å². The number of nitrogens with one attached hydrogen (secondary N) is 1. The second-order valence-corrected chi connectivity index (χ2v) is 4.54.